The molecule has 3 rings (SSSR count). The Kier molecular flexibility index (Phi) is 2.65. The molecule has 0 atom stereocenters. The van der Waals surface area contributed by atoms with E-state index < -0.39 is 0 Å². The molecular formula is C13H12N2OS. The smallest absolute Gasteiger partial charge is 0.166 e. The average molecular weight is 244 g/mol. The van der Waals surface area contributed by atoms with Crippen LogP contribution < -0.4 is 4.90 Å². The Balaban J connectivity index is 1.93. The van der Waals surface area contributed by atoms with Crippen molar-refractivity contribution in [3.05, 3.63) is 46.4 Å². The average Bonchev–Trinajstić information content (AvgIpc) is 2.86. The SMILES string of the molecule is O=C1CCN(Cc2nccs2)c2ccccc21. The lowest BCUT2D eigenvalue weighted by molar-refractivity contribution is 0.0979. The lowest BCUT2D eigenvalue weighted by Crippen LogP contribution is -2.31. The quantitative estimate of drug-likeness (QED) is 0.814. The number of fused-ring (bicyclic) bond motifs is 1. The third-order valence-corrected chi connectivity index (χ3v) is 3.73. The van der Waals surface area contributed by atoms with Crippen LogP contribution in [0.15, 0.2) is 35.8 Å². The van der Waals surface area contributed by atoms with Gasteiger partial charge in [0.25, 0.3) is 0 Å². The molecule has 0 amide bonds. The zero-order valence-corrected chi connectivity index (χ0v) is 10.1. The van der Waals surface area contributed by atoms with E-state index in [1.165, 1.54) is 0 Å². The van der Waals surface area contributed by atoms with E-state index in [0.29, 0.717) is 6.42 Å². The number of carbonyl (C=O) groups is 1. The highest BCUT2D eigenvalue weighted by Crippen LogP contribution is 2.28. The van der Waals surface area contributed by atoms with E-state index in [0.717, 1.165) is 29.3 Å². The van der Waals surface area contributed by atoms with Gasteiger partial charge in [0.1, 0.15) is 5.01 Å². The van der Waals surface area contributed by atoms with E-state index in [-0.39, 0.29) is 5.78 Å². The van der Waals surface area contributed by atoms with Crippen LogP contribution in [-0.4, -0.2) is 17.3 Å². The van der Waals surface area contributed by atoms with Gasteiger partial charge in [-0.15, -0.1) is 11.3 Å². The maximum absolute atomic E-state index is 11.8. The van der Waals surface area contributed by atoms with Gasteiger partial charge in [0.2, 0.25) is 0 Å². The van der Waals surface area contributed by atoms with Crippen LogP contribution >= 0.6 is 11.3 Å². The van der Waals surface area contributed by atoms with Crippen molar-refractivity contribution in [1.29, 1.82) is 0 Å². The minimum absolute atomic E-state index is 0.246. The highest BCUT2D eigenvalue weighted by molar-refractivity contribution is 7.09. The van der Waals surface area contributed by atoms with Gasteiger partial charge in [0.05, 0.1) is 6.54 Å². The van der Waals surface area contributed by atoms with E-state index in [1.54, 1.807) is 11.3 Å². The number of para-hydroxylation sites is 1. The molecule has 0 saturated heterocycles. The molecule has 4 heteroatoms. The highest BCUT2D eigenvalue weighted by atomic mass is 32.1. The second-order valence-corrected chi connectivity index (χ2v) is 5.02. The van der Waals surface area contributed by atoms with Crippen molar-refractivity contribution in [2.45, 2.75) is 13.0 Å². The predicted octanol–water partition coefficient (Wildman–Crippen LogP) is 2.74. The summed E-state index contributed by atoms with van der Waals surface area (Å²) in [4.78, 5) is 18.3. The molecule has 3 nitrogen and oxygen atoms in total. The molecule has 0 N–H and O–H groups in total. The van der Waals surface area contributed by atoms with E-state index in [2.05, 4.69) is 9.88 Å². The van der Waals surface area contributed by atoms with Crippen LogP contribution in [0, 0.1) is 0 Å². The number of carbonyl (C=O) groups excluding carboxylic acids is 1. The lowest BCUT2D eigenvalue weighted by atomic mass is 10.0. The number of Topliss-reactive ketones (excluding diaryl/α,β-unsaturated/α-hetero) is 1. The number of hydrogen-bond donors (Lipinski definition) is 0. The summed E-state index contributed by atoms with van der Waals surface area (Å²) in [5.41, 5.74) is 1.88. The molecule has 2 heterocycles. The number of anilines is 1. The van der Waals surface area contributed by atoms with Crippen LogP contribution in [0.25, 0.3) is 0 Å². The monoisotopic (exact) mass is 244 g/mol. The maximum atomic E-state index is 11.8. The van der Waals surface area contributed by atoms with Crippen LogP contribution in [0.1, 0.15) is 21.8 Å². The summed E-state index contributed by atoms with van der Waals surface area (Å²) < 4.78 is 0. The van der Waals surface area contributed by atoms with Crippen molar-refractivity contribution in [3.8, 4) is 0 Å². The third-order valence-electron chi connectivity index (χ3n) is 2.96. The molecular weight excluding hydrogens is 232 g/mol. The zero-order valence-electron chi connectivity index (χ0n) is 9.30. The van der Waals surface area contributed by atoms with Gasteiger partial charge in [-0.1, -0.05) is 12.1 Å². The fourth-order valence-electron chi connectivity index (χ4n) is 2.14. The molecule has 2 aromatic rings. The summed E-state index contributed by atoms with van der Waals surface area (Å²) in [6.07, 6.45) is 2.42. The Hall–Kier alpha value is -1.68. The molecule has 0 radical (unpaired) electrons. The van der Waals surface area contributed by atoms with Gasteiger partial charge in [-0.25, -0.2) is 4.98 Å². The fourth-order valence-corrected chi connectivity index (χ4v) is 2.77. The lowest BCUT2D eigenvalue weighted by Gasteiger charge is -2.29. The number of rotatable bonds is 2. The van der Waals surface area contributed by atoms with Gasteiger partial charge >= 0.3 is 0 Å². The number of thiazole rings is 1. The number of hydrogen-bond acceptors (Lipinski definition) is 4. The Morgan fingerprint density at radius 3 is 3.06 bits per heavy atom. The topological polar surface area (TPSA) is 33.2 Å². The van der Waals surface area contributed by atoms with Gasteiger partial charge in [0, 0.05) is 35.8 Å². The van der Waals surface area contributed by atoms with Gasteiger partial charge in [-0.05, 0) is 12.1 Å². The third kappa shape index (κ3) is 1.96. The number of benzene rings is 1. The Morgan fingerprint density at radius 2 is 2.24 bits per heavy atom. The molecule has 0 spiro atoms. The molecule has 86 valence electrons. The van der Waals surface area contributed by atoms with Crippen molar-refractivity contribution in [2.24, 2.45) is 0 Å². The van der Waals surface area contributed by atoms with Crippen LogP contribution in [-0.2, 0) is 6.54 Å². The summed E-state index contributed by atoms with van der Waals surface area (Å²) in [6, 6.07) is 7.82. The van der Waals surface area contributed by atoms with Crippen LogP contribution in [0.4, 0.5) is 5.69 Å². The van der Waals surface area contributed by atoms with E-state index in [1.807, 2.05) is 35.8 Å². The fraction of sp³-hybridized carbons (Fsp3) is 0.231. The van der Waals surface area contributed by atoms with Crippen LogP contribution in [0.5, 0.6) is 0 Å². The summed E-state index contributed by atoms with van der Waals surface area (Å²) in [6.45, 7) is 1.58. The Labute approximate surface area is 104 Å². The minimum Gasteiger partial charge on any atom is -0.364 e. The first-order chi connectivity index (χ1) is 8.34. The largest absolute Gasteiger partial charge is 0.364 e. The summed E-state index contributed by atoms with van der Waals surface area (Å²) >= 11 is 1.65. The Bertz CT molecular complexity index is 536. The molecule has 0 saturated carbocycles. The molecule has 17 heavy (non-hydrogen) atoms. The summed E-state index contributed by atoms with van der Waals surface area (Å²) in [7, 11) is 0. The van der Waals surface area contributed by atoms with Gasteiger partial charge in [0.15, 0.2) is 5.78 Å². The van der Waals surface area contributed by atoms with E-state index in [9.17, 15) is 4.79 Å². The maximum Gasteiger partial charge on any atom is 0.166 e. The molecule has 0 bridgehead atoms. The van der Waals surface area contributed by atoms with Gasteiger partial charge in [-0.2, -0.15) is 0 Å². The van der Waals surface area contributed by atoms with Gasteiger partial charge in [-0.3, -0.25) is 4.79 Å². The first-order valence-corrected chi connectivity index (χ1v) is 6.48. The van der Waals surface area contributed by atoms with Crippen molar-refractivity contribution in [1.82, 2.24) is 4.98 Å². The van der Waals surface area contributed by atoms with Crippen LogP contribution in [0.2, 0.25) is 0 Å². The predicted molar refractivity (Wildman–Crippen MR) is 68.6 cm³/mol. The number of nitrogens with zero attached hydrogens (tertiary/aromatic N) is 2. The second kappa shape index (κ2) is 4.30. The Morgan fingerprint density at radius 1 is 1.35 bits per heavy atom. The molecule has 0 unspecified atom stereocenters. The second-order valence-electron chi connectivity index (χ2n) is 4.04. The molecule has 1 aliphatic heterocycles. The minimum atomic E-state index is 0.246. The van der Waals surface area contributed by atoms with Crippen molar-refractivity contribution in [3.63, 3.8) is 0 Å². The van der Waals surface area contributed by atoms with Crippen molar-refractivity contribution < 1.29 is 4.79 Å². The molecule has 0 aliphatic carbocycles. The normalized spacial score (nSPS) is 14.8. The number of ketones is 1. The molecule has 1 aromatic heterocycles. The molecule has 0 fully saturated rings. The summed E-state index contributed by atoms with van der Waals surface area (Å²) in [5.74, 6) is 0.246. The molecule has 1 aromatic carbocycles. The van der Waals surface area contributed by atoms with E-state index >= 15 is 0 Å². The summed E-state index contributed by atoms with van der Waals surface area (Å²) in [5, 5.41) is 3.07. The number of aromatic nitrogens is 1. The first-order valence-electron chi connectivity index (χ1n) is 5.60. The standard InChI is InChI=1S/C13H12N2OS/c16-12-5-7-15(9-13-14-6-8-17-13)11-4-2-1-3-10(11)12/h1-4,6,8H,5,7,9H2. The van der Waals surface area contributed by atoms with Crippen LogP contribution in [0.3, 0.4) is 0 Å². The highest BCUT2D eigenvalue weighted by Gasteiger charge is 2.22. The first kappa shape index (κ1) is 10.5. The van der Waals surface area contributed by atoms with Crippen molar-refractivity contribution >= 4 is 22.8 Å². The zero-order chi connectivity index (χ0) is 11.7. The van der Waals surface area contributed by atoms with Crippen molar-refractivity contribution in [2.75, 3.05) is 11.4 Å². The van der Waals surface area contributed by atoms with Gasteiger partial charge < -0.3 is 4.90 Å². The molecule has 1 aliphatic rings. The van der Waals surface area contributed by atoms with E-state index in [4.69, 9.17) is 0 Å².